The van der Waals surface area contributed by atoms with E-state index < -0.39 is 0 Å². The molecule has 2 N–H and O–H groups in total. The quantitative estimate of drug-likeness (QED) is 0.346. The molecular weight excluding hydrogens is 446 g/mol. The van der Waals surface area contributed by atoms with Gasteiger partial charge in [0.2, 0.25) is 5.75 Å². The summed E-state index contributed by atoms with van der Waals surface area (Å²) in [6.07, 6.45) is 1.64. The molecule has 8 heteroatoms. The van der Waals surface area contributed by atoms with Gasteiger partial charge in [-0.25, -0.2) is 0 Å². The molecule has 0 aromatic heterocycles. The summed E-state index contributed by atoms with van der Waals surface area (Å²) in [5.74, 6) is 1.09. The van der Waals surface area contributed by atoms with Crippen LogP contribution in [0.3, 0.4) is 0 Å². The smallest absolute Gasteiger partial charge is 0.256 e. The number of phenols is 1. The van der Waals surface area contributed by atoms with E-state index in [0.717, 1.165) is 0 Å². The molecule has 0 spiro atoms. The fraction of sp³-hybridized carbons (Fsp3) is 0.160. The standard InChI is InChI=1S/C25H24ClNO6/c1-30-21-10-5-15(12-20(21)28)11-19(25(29)27-18-8-6-17(26)7-9-18)16-13-22(31-2)24(33-4)23(14-16)32-3/h5-14,28H,1-4H3,(H,27,29)/b19-11+. The van der Waals surface area contributed by atoms with E-state index in [1.54, 1.807) is 54.6 Å². The van der Waals surface area contributed by atoms with Crippen LogP contribution < -0.4 is 24.3 Å². The van der Waals surface area contributed by atoms with E-state index in [0.29, 0.717) is 50.4 Å². The third-order valence-corrected chi connectivity index (χ3v) is 5.09. The number of hydrogen-bond donors (Lipinski definition) is 2. The van der Waals surface area contributed by atoms with Crippen LogP contribution in [0.4, 0.5) is 5.69 Å². The van der Waals surface area contributed by atoms with E-state index in [1.807, 2.05) is 0 Å². The minimum absolute atomic E-state index is 0.0476. The van der Waals surface area contributed by atoms with Crippen molar-refractivity contribution in [1.29, 1.82) is 0 Å². The van der Waals surface area contributed by atoms with Crippen molar-refractivity contribution in [2.45, 2.75) is 0 Å². The molecule has 0 aliphatic carbocycles. The third kappa shape index (κ3) is 5.51. The number of ether oxygens (including phenoxy) is 4. The highest BCUT2D eigenvalue weighted by Crippen LogP contribution is 2.40. The highest BCUT2D eigenvalue weighted by Gasteiger charge is 2.20. The van der Waals surface area contributed by atoms with Gasteiger partial charge in [0, 0.05) is 16.3 Å². The van der Waals surface area contributed by atoms with E-state index in [-0.39, 0.29) is 11.7 Å². The molecule has 3 rings (SSSR count). The first-order valence-corrected chi connectivity index (χ1v) is 10.2. The first kappa shape index (κ1) is 23.8. The van der Waals surface area contributed by atoms with Crippen LogP contribution >= 0.6 is 11.6 Å². The third-order valence-electron chi connectivity index (χ3n) is 4.84. The summed E-state index contributed by atoms with van der Waals surface area (Å²) in [5.41, 5.74) is 1.98. The average Bonchev–Trinajstić information content (AvgIpc) is 2.83. The molecule has 3 aromatic carbocycles. The van der Waals surface area contributed by atoms with E-state index in [9.17, 15) is 9.90 Å². The molecule has 0 radical (unpaired) electrons. The SMILES string of the molecule is COc1ccc(/C=C(/C(=O)Nc2ccc(Cl)cc2)c2cc(OC)c(OC)c(OC)c2)cc1O. The Hall–Kier alpha value is -3.84. The second kappa shape index (κ2) is 10.7. The zero-order chi connectivity index (χ0) is 24.0. The zero-order valence-electron chi connectivity index (χ0n) is 18.6. The van der Waals surface area contributed by atoms with Crippen molar-refractivity contribution >= 4 is 34.8 Å². The van der Waals surface area contributed by atoms with Crippen molar-refractivity contribution in [3.63, 3.8) is 0 Å². The first-order chi connectivity index (χ1) is 15.9. The Morgan fingerprint density at radius 2 is 1.45 bits per heavy atom. The number of amides is 1. The summed E-state index contributed by atoms with van der Waals surface area (Å²) in [4.78, 5) is 13.4. The lowest BCUT2D eigenvalue weighted by atomic mass is 10.00. The lowest BCUT2D eigenvalue weighted by molar-refractivity contribution is -0.111. The van der Waals surface area contributed by atoms with E-state index >= 15 is 0 Å². The summed E-state index contributed by atoms with van der Waals surface area (Å²) >= 11 is 5.95. The van der Waals surface area contributed by atoms with Crippen molar-refractivity contribution in [2.24, 2.45) is 0 Å². The molecule has 0 saturated carbocycles. The lowest BCUT2D eigenvalue weighted by Crippen LogP contribution is -2.14. The molecule has 0 bridgehead atoms. The topological polar surface area (TPSA) is 86.3 Å². The predicted molar refractivity (Wildman–Crippen MR) is 129 cm³/mol. The van der Waals surface area contributed by atoms with Crippen LogP contribution in [0.15, 0.2) is 54.6 Å². The van der Waals surface area contributed by atoms with Crippen LogP contribution in [-0.2, 0) is 4.79 Å². The van der Waals surface area contributed by atoms with Gasteiger partial charge in [0.1, 0.15) is 0 Å². The molecular formula is C25H24ClNO6. The molecule has 33 heavy (non-hydrogen) atoms. The van der Waals surface area contributed by atoms with Gasteiger partial charge in [-0.1, -0.05) is 17.7 Å². The minimum atomic E-state index is -0.387. The Balaban J connectivity index is 2.13. The number of halogens is 1. The van der Waals surface area contributed by atoms with Gasteiger partial charge in [0.25, 0.3) is 5.91 Å². The number of nitrogens with one attached hydrogen (secondary N) is 1. The number of phenolic OH excluding ortho intramolecular Hbond substituents is 1. The van der Waals surface area contributed by atoms with Gasteiger partial charge < -0.3 is 29.4 Å². The Morgan fingerprint density at radius 1 is 0.848 bits per heavy atom. The van der Waals surface area contributed by atoms with Crippen LogP contribution in [-0.4, -0.2) is 39.5 Å². The van der Waals surface area contributed by atoms with E-state index in [4.69, 9.17) is 30.5 Å². The Kier molecular flexibility index (Phi) is 7.69. The first-order valence-electron chi connectivity index (χ1n) is 9.86. The van der Waals surface area contributed by atoms with Gasteiger partial charge in [-0.15, -0.1) is 0 Å². The number of aromatic hydroxyl groups is 1. The van der Waals surface area contributed by atoms with Crippen LogP contribution in [0.5, 0.6) is 28.7 Å². The molecule has 0 heterocycles. The molecule has 0 aliphatic heterocycles. The molecule has 1 amide bonds. The fourth-order valence-corrected chi connectivity index (χ4v) is 3.34. The van der Waals surface area contributed by atoms with Gasteiger partial charge in [-0.2, -0.15) is 0 Å². The lowest BCUT2D eigenvalue weighted by Gasteiger charge is -2.16. The molecule has 0 saturated heterocycles. The van der Waals surface area contributed by atoms with E-state index in [2.05, 4.69) is 5.32 Å². The van der Waals surface area contributed by atoms with Crippen molar-refractivity contribution in [3.05, 3.63) is 70.7 Å². The van der Waals surface area contributed by atoms with Crippen molar-refractivity contribution in [3.8, 4) is 28.7 Å². The van der Waals surface area contributed by atoms with Crippen LogP contribution in [0, 0.1) is 0 Å². The van der Waals surface area contributed by atoms with Gasteiger partial charge in [-0.05, 0) is 65.7 Å². The summed E-state index contributed by atoms with van der Waals surface area (Å²) < 4.78 is 21.4. The van der Waals surface area contributed by atoms with Gasteiger partial charge in [0.15, 0.2) is 23.0 Å². The maximum absolute atomic E-state index is 13.4. The molecule has 3 aromatic rings. The molecule has 172 valence electrons. The number of anilines is 1. The van der Waals surface area contributed by atoms with Crippen molar-refractivity contribution in [1.82, 2.24) is 0 Å². The Bertz CT molecular complexity index is 1150. The molecule has 0 atom stereocenters. The predicted octanol–water partition coefficient (Wildman–Crippen LogP) is 5.26. The van der Waals surface area contributed by atoms with Gasteiger partial charge >= 0.3 is 0 Å². The minimum Gasteiger partial charge on any atom is -0.504 e. The normalized spacial score (nSPS) is 11.0. The van der Waals surface area contributed by atoms with Crippen LogP contribution in [0.1, 0.15) is 11.1 Å². The summed E-state index contributed by atoms with van der Waals surface area (Å²) in [6.45, 7) is 0. The number of carbonyl (C=O) groups excluding carboxylic acids is 1. The number of rotatable bonds is 8. The monoisotopic (exact) mass is 469 g/mol. The summed E-state index contributed by atoms with van der Waals surface area (Å²) in [6, 6.07) is 15.0. The maximum atomic E-state index is 13.4. The fourth-order valence-electron chi connectivity index (χ4n) is 3.21. The van der Waals surface area contributed by atoms with Crippen molar-refractivity contribution < 1.29 is 28.8 Å². The highest BCUT2D eigenvalue weighted by molar-refractivity contribution is 6.31. The molecule has 0 fully saturated rings. The largest absolute Gasteiger partial charge is 0.504 e. The Labute approximate surface area is 197 Å². The highest BCUT2D eigenvalue weighted by atomic mass is 35.5. The summed E-state index contributed by atoms with van der Waals surface area (Å²) in [7, 11) is 5.97. The number of methoxy groups -OCH3 is 4. The Morgan fingerprint density at radius 3 is 1.97 bits per heavy atom. The van der Waals surface area contributed by atoms with Crippen LogP contribution in [0.2, 0.25) is 5.02 Å². The van der Waals surface area contributed by atoms with Gasteiger partial charge in [-0.3, -0.25) is 4.79 Å². The van der Waals surface area contributed by atoms with Gasteiger partial charge in [0.05, 0.1) is 28.4 Å². The second-order valence-corrected chi connectivity index (χ2v) is 7.30. The summed E-state index contributed by atoms with van der Waals surface area (Å²) in [5, 5.41) is 13.6. The zero-order valence-corrected chi connectivity index (χ0v) is 19.4. The number of hydrogen-bond acceptors (Lipinski definition) is 6. The molecule has 0 aliphatic rings. The maximum Gasteiger partial charge on any atom is 0.256 e. The van der Waals surface area contributed by atoms with E-state index in [1.165, 1.54) is 34.5 Å². The second-order valence-electron chi connectivity index (χ2n) is 6.86. The molecule has 0 unspecified atom stereocenters. The number of benzene rings is 3. The van der Waals surface area contributed by atoms with Crippen LogP contribution in [0.25, 0.3) is 11.6 Å². The molecule has 7 nitrogen and oxygen atoms in total. The van der Waals surface area contributed by atoms with Crippen molar-refractivity contribution in [2.75, 3.05) is 33.8 Å². The average molecular weight is 470 g/mol. The number of carbonyl (C=O) groups is 1.